The lowest BCUT2D eigenvalue weighted by molar-refractivity contribution is -0.136. The number of carbonyl (C=O) groups excluding carboxylic acids is 2. The number of amides is 1. The fourth-order valence-corrected chi connectivity index (χ4v) is 4.79. The van der Waals surface area contributed by atoms with E-state index < -0.39 is 15.8 Å². The Kier molecular flexibility index (Phi) is 6.11. The van der Waals surface area contributed by atoms with Crippen LogP contribution in [-0.2, 0) is 24.8 Å². The fourth-order valence-electron chi connectivity index (χ4n) is 3.06. The van der Waals surface area contributed by atoms with Gasteiger partial charge in [0.05, 0.1) is 17.1 Å². The van der Waals surface area contributed by atoms with Crippen LogP contribution in [0, 0.1) is 0 Å². The molecule has 0 radical (unpaired) electrons. The first kappa shape index (κ1) is 20.4. The highest BCUT2D eigenvalue weighted by molar-refractivity contribution is 7.91. The Morgan fingerprint density at radius 2 is 1.81 bits per heavy atom. The maximum atomic E-state index is 12.3. The first-order valence-corrected chi connectivity index (χ1v) is 10.6. The highest BCUT2D eigenvalue weighted by Gasteiger charge is 2.34. The largest absolute Gasteiger partial charge is 0.452 e. The van der Waals surface area contributed by atoms with Crippen LogP contribution < -0.4 is 0 Å². The molecule has 1 aromatic carbocycles. The molecule has 0 spiro atoms. The van der Waals surface area contributed by atoms with Crippen LogP contribution in [0.3, 0.4) is 0 Å². The lowest BCUT2D eigenvalue weighted by Crippen LogP contribution is -2.43. The lowest BCUT2D eigenvalue weighted by atomic mass is 9.87. The third kappa shape index (κ3) is 5.06. The standard InChI is InChI=1S/C19H27NO5S/c1-5-20(16-10-11-26(23,24)13-16)17(21)12-25-18(22)14-6-8-15(9-7-14)19(2,3)4/h6-9,16H,5,10-13H2,1-4H3/t16-/m0/s1. The Morgan fingerprint density at radius 1 is 1.19 bits per heavy atom. The minimum Gasteiger partial charge on any atom is -0.452 e. The number of esters is 1. The van der Waals surface area contributed by atoms with Crippen LogP contribution in [-0.4, -0.2) is 55.9 Å². The normalized spacial score (nSPS) is 19.2. The molecule has 1 aromatic rings. The van der Waals surface area contributed by atoms with Gasteiger partial charge in [-0.1, -0.05) is 32.9 Å². The first-order chi connectivity index (χ1) is 12.0. The van der Waals surface area contributed by atoms with Crippen molar-refractivity contribution >= 4 is 21.7 Å². The number of benzene rings is 1. The number of hydrogen-bond donors (Lipinski definition) is 0. The molecule has 1 fully saturated rings. The molecule has 7 heteroatoms. The van der Waals surface area contributed by atoms with Crippen molar-refractivity contribution < 1.29 is 22.7 Å². The fraction of sp³-hybridized carbons (Fsp3) is 0.579. The average molecular weight is 381 g/mol. The quantitative estimate of drug-likeness (QED) is 0.730. The molecule has 1 amide bonds. The van der Waals surface area contributed by atoms with Crippen molar-refractivity contribution in [1.29, 1.82) is 0 Å². The van der Waals surface area contributed by atoms with Gasteiger partial charge in [0, 0.05) is 12.6 Å². The first-order valence-electron chi connectivity index (χ1n) is 8.81. The van der Waals surface area contributed by atoms with Gasteiger partial charge in [0.25, 0.3) is 5.91 Å². The van der Waals surface area contributed by atoms with Gasteiger partial charge in [0.15, 0.2) is 16.4 Å². The number of sulfone groups is 1. The Bertz CT molecular complexity index is 762. The van der Waals surface area contributed by atoms with E-state index in [1.807, 2.05) is 12.1 Å². The average Bonchev–Trinajstić information content (AvgIpc) is 2.92. The second-order valence-electron chi connectivity index (χ2n) is 7.64. The summed E-state index contributed by atoms with van der Waals surface area (Å²) in [7, 11) is -3.08. The molecule has 1 saturated heterocycles. The van der Waals surface area contributed by atoms with E-state index in [2.05, 4.69) is 20.8 Å². The summed E-state index contributed by atoms with van der Waals surface area (Å²) in [4.78, 5) is 26.0. The van der Waals surface area contributed by atoms with Gasteiger partial charge in [-0.05, 0) is 36.5 Å². The maximum Gasteiger partial charge on any atom is 0.338 e. The molecule has 1 atom stereocenters. The Hall–Kier alpha value is -1.89. The number of carbonyl (C=O) groups is 2. The molecule has 2 rings (SSSR count). The zero-order chi connectivity index (χ0) is 19.5. The van der Waals surface area contributed by atoms with Crippen LogP contribution in [0.15, 0.2) is 24.3 Å². The second-order valence-corrected chi connectivity index (χ2v) is 9.87. The number of ether oxygens (including phenoxy) is 1. The Balaban J connectivity index is 1.94. The minimum atomic E-state index is -3.08. The van der Waals surface area contributed by atoms with E-state index in [0.717, 1.165) is 5.56 Å². The predicted octanol–water partition coefficient (Wildman–Crippen LogP) is 2.18. The van der Waals surface area contributed by atoms with Crippen molar-refractivity contribution in [3.8, 4) is 0 Å². The summed E-state index contributed by atoms with van der Waals surface area (Å²) >= 11 is 0. The van der Waals surface area contributed by atoms with Crippen LogP contribution in [0.4, 0.5) is 0 Å². The third-order valence-electron chi connectivity index (χ3n) is 4.62. The van der Waals surface area contributed by atoms with Crippen molar-refractivity contribution in [2.75, 3.05) is 24.7 Å². The van der Waals surface area contributed by atoms with E-state index in [-0.39, 0.29) is 35.5 Å². The molecular formula is C19H27NO5S. The SMILES string of the molecule is CCN(C(=O)COC(=O)c1ccc(C(C)(C)C)cc1)[C@H]1CCS(=O)(=O)C1. The van der Waals surface area contributed by atoms with Gasteiger partial charge in [-0.15, -0.1) is 0 Å². The zero-order valence-corrected chi connectivity index (χ0v) is 16.6. The molecule has 1 aliphatic rings. The number of hydrogen-bond acceptors (Lipinski definition) is 5. The topological polar surface area (TPSA) is 80.8 Å². The van der Waals surface area contributed by atoms with Crippen LogP contribution in [0.2, 0.25) is 0 Å². The zero-order valence-electron chi connectivity index (χ0n) is 15.8. The van der Waals surface area contributed by atoms with Gasteiger partial charge in [-0.2, -0.15) is 0 Å². The molecular weight excluding hydrogens is 354 g/mol. The Morgan fingerprint density at radius 3 is 2.27 bits per heavy atom. The summed E-state index contributed by atoms with van der Waals surface area (Å²) in [5.41, 5.74) is 1.48. The molecule has 144 valence electrons. The summed E-state index contributed by atoms with van der Waals surface area (Å²) in [6.07, 6.45) is 0.435. The molecule has 0 saturated carbocycles. The van der Waals surface area contributed by atoms with Gasteiger partial charge in [-0.3, -0.25) is 4.79 Å². The van der Waals surface area contributed by atoms with Crippen LogP contribution >= 0.6 is 0 Å². The van der Waals surface area contributed by atoms with Crippen molar-refractivity contribution in [2.45, 2.75) is 45.6 Å². The van der Waals surface area contributed by atoms with Crippen molar-refractivity contribution in [1.82, 2.24) is 4.90 Å². The van der Waals surface area contributed by atoms with Crippen LogP contribution in [0.5, 0.6) is 0 Å². The van der Waals surface area contributed by atoms with Crippen molar-refractivity contribution in [3.05, 3.63) is 35.4 Å². The van der Waals surface area contributed by atoms with Gasteiger partial charge < -0.3 is 9.64 Å². The van der Waals surface area contributed by atoms with E-state index >= 15 is 0 Å². The van der Waals surface area contributed by atoms with E-state index in [1.165, 1.54) is 4.90 Å². The molecule has 0 bridgehead atoms. The van der Waals surface area contributed by atoms with Gasteiger partial charge in [-0.25, -0.2) is 13.2 Å². The van der Waals surface area contributed by atoms with Crippen molar-refractivity contribution in [2.24, 2.45) is 0 Å². The summed E-state index contributed by atoms with van der Waals surface area (Å²) in [6, 6.07) is 6.80. The minimum absolute atomic E-state index is 0.0123. The molecule has 0 aliphatic carbocycles. The van der Waals surface area contributed by atoms with Crippen LogP contribution in [0.25, 0.3) is 0 Å². The maximum absolute atomic E-state index is 12.3. The van der Waals surface area contributed by atoms with E-state index in [0.29, 0.717) is 18.5 Å². The summed E-state index contributed by atoms with van der Waals surface area (Å²) < 4.78 is 28.3. The second kappa shape index (κ2) is 7.78. The molecule has 6 nitrogen and oxygen atoms in total. The highest BCUT2D eigenvalue weighted by Crippen LogP contribution is 2.22. The number of nitrogens with zero attached hydrogens (tertiary/aromatic N) is 1. The molecule has 0 aromatic heterocycles. The molecule has 1 heterocycles. The number of likely N-dealkylation sites (N-methyl/N-ethyl adjacent to an activating group) is 1. The summed E-state index contributed by atoms with van der Waals surface area (Å²) in [5.74, 6) is -0.848. The van der Waals surface area contributed by atoms with Crippen LogP contribution in [0.1, 0.15) is 50.0 Å². The van der Waals surface area contributed by atoms with Gasteiger partial charge in [0.2, 0.25) is 0 Å². The molecule has 0 N–H and O–H groups in total. The van der Waals surface area contributed by atoms with E-state index in [9.17, 15) is 18.0 Å². The van der Waals surface area contributed by atoms with E-state index in [4.69, 9.17) is 4.74 Å². The third-order valence-corrected chi connectivity index (χ3v) is 6.37. The van der Waals surface area contributed by atoms with Gasteiger partial charge in [0.1, 0.15) is 0 Å². The highest BCUT2D eigenvalue weighted by atomic mass is 32.2. The smallest absolute Gasteiger partial charge is 0.338 e. The molecule has 0 unspecified atom stereocenters. The predicted molar refractivity (Wildman–Crippen MR) is 99.9 cm³/mol. The summed E-state index contributed by atoms with van der Waals surface area (Å²) in [5, 5.41) is 0. The van der Waals surface area contributed by atoms with Gasteiger partial charge >= 0.3 is 5.97 Å². The lowest BCUT2D eigenvalue weighted by Gasteiger charge is -2.26. The number of rotatable bonds is 5. The monoisotopic (exact) mass is 381 g/mol. The van der Waals surface area contributed by atoms with Crippen molar-refractivity contribution in [3.63, 3.8) is 0 Å². The molecule has 1 aliphatic heterocycles. The summed E-state index contributed by atoms with van der Waals surface area (Å²) in [6.45, 7) is 8.04. The Labute approximate surface area is 155 Å². The van der Waals surface area contributed by atoms with E-state index in [1.54, 1.807) is 19.1 Å². The molecule has 26 heavy (non-hydrogen) atoms.